The summed E-state index contributed by atoms with van der Waals surface area (Å²) in [7, 11) is 3.37. The van der Waals surface area contributed by atoms with E-state index in [4.69, 9.17) is 12.2 Å². The van der Waals surface area contributed by atoms with Gasteiger partial charge in [-0.15, -0.1) is 0 Å². The summed E-state index contributed by atoms with van der Waals surface area (Å²) < 4.78 is 0. The molecule has 3 rings (SSSR count). The van der Waals surface area contributed by atoms with Gasteiger partial charge in [-0.1, -0.05) is 54.6 Å². The van der Waals surface area contributed by atoms with E-state index < -0.39 is 0 Å². The van der Waals surface area contributed by atoms with Gasteiger partial charge in [-0.25, -0.2) is 0 Å². The molecule has 0 aliphatic heterocycles. The predicted molar refractivity (Wildman–Crippen MR) is 116 cm³/mol. The van der Waals surface area contributed by atoms with E-state index in [-0.39, 0.29) is 23.3 Å². The molecule has 28 heavy (non-hydrogen) atoms. The van der Waals surface area contributed by atoms with Crippen LogP contribution in [0, 0.1) is 0 Å². The normalized spacial score (nSPS) is 10.4. The highest BCUT2D eigenvalue weighted by molar-refractivity contribution is 7.80. The Bertz CT molecular complexity index is 1040. The number of para-hydroxylation sites is 1. The summed E-state index contributed by atoms with van der Waals surface area (Å²) in [4.78, 5) is 26.2. The third-order valence-electron chi connectivity index (χ3n) is 4.30. The Labute approximate surface area is 169 Å². The smallest absolute Gasteiger partial charge is 0.255 e. The van der Waals surface area contributed by atoms with Crippen molar-refractivity contribution in [3.8, 4) is 0 Å². The van der Waals surface area contributed by atoms with Crippen molar-refractivity contribution in [3.63, 3.8) is 0 Å². The molecule has 0 spiro atoms. The third-order valence-corrected chi connectivity index (χ3v) is 4.50. The van der Waals surface area contributed by atoms with Crippen LogP contribution < -0.4 is 10.6 Å². The molecule has 0 atom stereocenters. The molecule has 0 bridgehead atoms. The summed E-state index contributed by atoms with van der Waals surface area (Å²) in [5, 5.41) is 7.93. The minimum absolute atomic E-state index is 0.145. The Balaban J connectivity index is 1.69. The third kappa shape index (κ3) is 4.53. The maximum Gasteiger partial charge on any atom is 0.255 e. The van der Waals surface area contributed by atoms with Crippen LogP contribution in [0.15, 0.2) is 66.7 Å². The molecular weight excluding hydrogens is 370 g/mol. The van der Waals surface area contributed by atoms with Gasteiger partial charge >= 0.3 is 0 Å². The maximum atomic E-state index is 12.5. The van der Waals surface area contributed by atoms with Gasteiger partial charge < -0.3 is 15.5 Å². The van der Waals surface area contributed by atoms with Crippen LogP contribution in [0.2, 0.25) is 0 Å². The molecule has 2 amide bonds. The summed E-state index contributed by atoms with van der Waals surface area (Å²) in [6.45, 7) is 0. The number of rotatable bonds is 4. The van der Waals surface area contributed by atoms with Gasteiger partial charge in [-0.3, -0.25) is 9.59 Å². The van der Waals surface area contributed by atoms with E-state index in [2.05, 4.69) is 10.6 Å². The monoisotopic (exact) mass is 391 g/mol. The molecule has 0 saturated carbocycles. The highest BCUT2D eigenvalue weighted by Crippen LogP contribution is 2.19. The molecule has 0 heterocycles. The van der Waals surface area contributed by atoms with Crippen LogP contribution in [0.4, 0.5) is 5.69 Å². The van der Waals surface area contributed by atoms with Gasteiger partial charge in [0.2, 0.25) is 5.91 Å². The van der Waals surface area contributed by atoms with Gasteiger partial charge in [0.05, 0.1) is 17.7 Å². The molecule has 5 nitrogen and oxygen atoms in total. The molecular formula is C22H21N3O2S. The Hall–Kier alpha value is -3.25. The Morgan fingerprint density at radius 3 is 2.39 bits per heavy atom. The van der Waals surface area contributed by atoms with Gasteiger partial charge in [-0.05, 0) is 40.7 Å². The molecule has 0 saturated heterocycles. The molecule has 0 aliphatic rings. The second-order valence-corrected chi connectivity index (χ2v) is 6.97. The molecule has 3 aromatic carbocycles. The van der Waals surface area contributed by atoms with Gasteiger partial charge in [-0.2, -0.15) is 0 Å². The first-order valence-electron chi connectivity index (χ1n) is 8.84. The van der Waals surface area contributed by atoms with E-state index in [0.717, 1.165) is 16.3 Å². The molecule has 2 N–H and O–H groups in total. The predicted octanol–water partition coefficient (Wildman–Crippen LogP) is 3.60. The van der Waals surface area contributed by atoms with E-state index in [1.807, 2.05) is 42.5 Å². The zero-order valence-corrected chi connectivity index (χ0v) is 16.5. The van der Waals surface area contributed by atoms with Crippen LogP contribution in [0.1, 0.15) is 15.9 Å². The number of hydrogen-bond acceptors (Lipinski definition) is 3. The number of carbonyl (C=O) groups excluding carboxylic acids is 2. The van der Waals surface area contributed by atoms with Crippen molar-refractivity contribution in [1.82, 2.24) is 10.2 Å². The van der Waals surface area contributed by atoms with Crippen LogP contribution in [0.3, 0.4) is 0 Å². The first-order valence-corrected chi connectivity index (χ1v) is 9.24. The van der Waals surface area contributed by atoms with E-state index >= 15 is 0 Å². The van der Waals surface area contributed by atoms with Gasteiger partial charge in [0.1, 0.15) is 0 Å². The number of benzene rings is 3. The average molecular weight is 391 g/mol. The summed E-state index contributed by atoms with van der Waals surface area (Å²) >= 11 is 5.27. The van der Waals surface area contributed by atoms with E-state index in [1.165, 1.54) is 4.90 Å². The van der Waals surface area contributed by atoms with Crippen molar-refractivity contribution >= 4 is 45.6 Å². The number of anilines is 1. The molecule has 0 unspecified atom stereocenters. The van der Waals surface area contributed by atoms with Gasteiger partial charge in [0.15, 0.2) is 5.11 Å². The van der Waals surface area contributed by atoms with E-state index in [1.54, 1.807) is 38.4 Å². The molecule has 0 radical (unpaired) electrons. The second-order valence-electron chi connectivity index (χ2n) is 6.56. The lowest BCUT2D eigenvalue weighted by molar-refractivity contribution is -0.119. The molecule has 0 aromatic heterocycles. The molecule has 3 aromatic rings. The highest BCUT2D eigenvalue weighted by Gasteiger charge is 2.14. The topological polar surface area (TPSA) is 61.4 Å². The highest BCUT2D eigenvalue weighted by atomic mass is 32.1. The minimum Gasteiger partial charge on any atom is -0.345 e. The molecule has 0 aliphatic carbocycles. The van der Waals surface area contributed by atoms with Crippen molar-refractivity contribution in [2.75, 3.05) is 19.4 Å². The fourth-order valence-corrected chi connectivity index (χ4v) is 3.19. The Kier molecular flexibility index (Phi) is 6.01. The standard InChI is InChI=1S/C22H21N3O2S/c1-25(2)21(27)18-12-5-6-13-19(18)23-22(28)24-20(26)14-16-10-7-9-15-8-3-4-11-17(15)16/h3-13H,14H2,1-2H3,(H2,23,24,26,28). The zero-order chi connectivity index (χ0) is 20.1. The van der Waals surface area contributed by atoms with Crippen LogP contribution in [0.25, 0.3) is 10.8 Å². The lowest BCUT2D eigenvalue weighted by Gasteiger charge is -2.16. The average Bonchev–Trinajstić information content (AvgIpc) is 2.68. The first kappa shape index (κ1) is 19.5. The first-order chi connectivity index (χ1) is 13.5. The van der Waals surface area contributed by atoms with Gasteiger partial charge in [0, 0.05) is 14.1 Å². The number of amides is 2. The number of nitrogens with one attached hydrogen (secondary N) is 2. The van der Waals surface area contributed by atoms with Crippen molar-refractivity contribution in [2.45, 2.75) is 6.42 Å². The van der Waals surface area contributed by atoms with Crippen LogP contribution in [-0.4, -0.2) is 35.9 Å². The number of thiocarbonyl (C=S) groups is 1. The fourth-order valence-electron chi connectivity index (χ4n) is 2.96. The lowest BCUT2D eigenvalue weighted by atomic mass is 10.0. The van der Waals surface area contributed by atoms with Crippen molar-refractivity contribution < 1.29 is 9.59 Å². The maximum absolute atomic E-state index is 12.5. The zero-order valence-electron chi connectivity index (χ0n) is 15.7. The quantitative estimate of drug-likeness (QED) is 0.667. The SMILES string of the molecule is CN(C)C(=O)c1ccccc1NC(=S)NC(=O)Cc1cccc2ccccc12. The van der Waals surface area contributed by atoms with Crippen LogP contribution in [0.5, 0.6) is 0 Å². The lowest BCUT2D eigenvalue weighted by Crippen LogP contribution is -2.35. The van der Waals surface area contributed by atoms with Crippen molar-refractivity contribution in [1.29, 1.82) is 0 Å². The van der Waals surface area contributed by atoms with Crippen molar-refractivity contribution in [2.24, 2.45) is 0 Å². The Morgan fingerprint density at radius 1 is 0.929 bits per heavy atom. The second kappa shape index (κ2) is 8.63. The van der Waals surface area contributed by atoms with Crippen LogP contribution in [-0.2, 0) is 11.2 Å². The fraction of sp³-hybridized carbons (Fsp3) is 0.136. The number of carbonyl (C=O) groups is 2. The number of fused-ring (bicyclic) bond motifs is 1. The summed E-state index contributed by atoms with van der Waals surface area (Å²) in [5.41, 5.74) is 1.97. The Morgan fingerprint density at radius 2 is 1.61 bits per heavy atom. The van der Waals surface area contributed by atoms with Crippen LogP contribution >= 0.6 is 12.2 Å². The number of nitrogens with zero attached hydrogens (tertiary/aromatic N) is 1. The molecule has 6 heteroatoms. The summed E-state index contributed by atoms with van der Waals surface area (Å²) in [5.74, 6) is -0.363. The summed E-state index contributed by atoms with van der Waals surface area (Å²) in [6.07, 6.45) is 0.210. The molecule has 0 fully saturated rings. The van der Waals surface area contributed by atoms with E-state index in [9.17, 15) is 9.59 Å². The van der Waals surface area contributed by atoms with E-state index in [0.29, 0.717) is 11.3 Å². The largest absolute Gasteiger partial charge is 0.345 e. The molecule has 142 valence electrons. The van der Waals surface area contributed by atoms with Gasteiger partial charge in [0.25, 0.3) is 5.91 Å². The van der Waals surface area contributed by atoms with Crippen molar-refractivity contribution in [3.05, 3.63) is 77.9 Å². The summed E-state index contributed by atoms with van der Waals surface area (Å²) in [6, 6.07) is 20.9. The number of hydrogen-bond donors (Lipinski definition) is 2. The minimum atomic E-state index is -0.217.